The van der Waals surface area contributed by atoms with Gasteiger partial charge in [0.2, 0.25) is 0 Å². The van der Waals surface area contributed by atoms with Gasteiger partial charge in [-0.25, -0.2) is 0 Å². The molecule has 0 amide bonds. The summed E-state index contributed by atoms with van der Waals surface area (Å²) in [5.74, 6) is 0. The van der Waals surface area contributed by atoms with E-state index in [-0.39, 0.29) is 6.61 Å². The maximum atomic E-state index is 9.14. The zero-order valence-corrected chi connectivity index (χ0v) is 9.03. The first-order valence-corrected chi connectivity index (χ1v) is 5.06. The summed E-state index contributed by atoms with van der Waals surface area (Å²) in [7, 11) is 0. The van der Waals surface area contributed by atoms with Crippen molar-refractivity contribution in [1.82, 2.24) is 0 Å². The van der Waals surface area contributed by atoms with E-state index >= 15 is 0 Å². The van der Waals surface area contributed by atoms with Gasteiger partial charge in [-0.3, -0.25) is 0 Å². The number of aliphatic hydroxyl groups excluding tert-OH is 1. The van der Waals surface area contributed by atoms with E-state index in [0.29, 0.717) is 6.42 Å². The molecule has 0 aliphatic carbocycles. The molecule has 0 spiro atoms. The Morgan fingerprint density at radius 2 is 2.07 bits per heavy atom. The van der Waals surface area contributed by atoms with Crippen molar-refractivity contribution in [3.05, 3.63) is 35.4 Å². The molecule has 1 heterocycles. The molecule has 0 radical (unpaired) electrons. The predicted octanol–water partition coefficient (Wildman–Crippen LogP) is 1.87. The summed E-state index contributed by atoms with van der Waals surface area (Å²) < 4.78 is 0. The van der Waals surface area contributed by atoms with Gasteiger partial charge in [0.15, 0.2) is 5.60 Å². The van der Waals surface area contributed by atoms with Gasteiger partial charge < -0.3 is 9.94 Å². The van der Waals surface area contributed by atoms with Gasteiger partial charge in [-0.1, -0.05) is 35.0 Å². The van der Waals surface area contributed by atoms with Crippen LogP contribution in [0.15, 0.2) is 29.4 Å². The molecule has 2 rings (SSSR count). The molecule has 1 aliphatic rings. The molecule has 1 aromatic carbocycles. The number of rotatable bonds is 2. The van der Waals surface area contributed by atoms with Crippen LogP contribution < -0.4 is 0 Å². The lowest BCUT2D eigenvalue weighted by molar-refractivity contribution is -0.0428. The van der Waals surface area contributed by atoms with Gasteiger partial charge in [0, 0.05) is 6.42 Å². The van der Waals surface area contributed by atoms with Crippen molar-refractivity contribution < 1.29 is 9.94 Å². The van der Waals surface area contributed by atoms with E-state index in [9.17, 15) is 0 Å². The minimum atomic E-state index is -0.541. The van der Waals surface area contributed by atoms with E-state index in [1.54, 1.807) is 0 Å². The number of oxime groups is 1. The summed E-state index contributed by atoms with van der Waals surface area (Å²) in [6, 6.07) is 8.15. The molecular weight excluding hydrogens is 190 g/mol. The fourth-order valence-corrected chi connectivity index (χ4v) is 1.57. The van der Waals surface area contributed by atoms with Crippen LogP contribution >= 0.6 is 0 Å². The zero-order valence-electron chi connectivity index (χ0n) is 9.03. The van der Waals surface area contributed by atoms with Crippen LogP contribution in [0, 0.1) is 6.92 Å². The molecule has 0 bridgehead atoms. The highest BCUT2D eigenvalue weighted by atomic mass is 16.7. The van der Waals surface area contributed by atoms with Crippen LogP contribution in [-0.2, 0) is 4.84 Å². The minimum absolute atomic E-state index is 0.00807. The second-order valence-electron chi connectivity index (χ2n) is 4.28. The molecule has 0 saturated heterocycles. The highest BCUT2D eigenvalue weighted by Gasteiger charge is 2.33. The van der Waals surface area contributed by atoms with E-state index in [0.717, 1.165) is 11.3 Å². The Morgan fingerprint density at radius 3 is 2.60 bits per heavy atom. The van der Waals surface area contributed by atoms with Crippen LogP contribution in [0.5, 0.6) is 0 Å². The van der Waals surface area contributed by atoms with Crippen molar-refractivity contribution >= 4 is 5.71 Å². The summed E-state index contributed by atoms with van der Waals surface area (Å²) in [6.45, 7) is 3.90. The van der Waals surface area contributed by atoms with Crippen molar-refractivity contribution in [2.45, 2.75) is 25.9 Å². The third kappa shape index (κ3) is 2.02. The first-order chi connectivity index (χ1) is 7.13. The lowest BCUT2D eigenvalue weighted by Crippen LogP contribution is -2.29. The van der Waals surface area contributed by atoms with E-state index in [1.165, 1.54) is 5.56 Å². The minimum Gasteiger partial charge on any atom is -0.392 e. The summed E-state index contributed by atoms with van der Waals surface area (Å²) in [4.78, 5) is 5.22. The van der Waals surface area contributed by atoms with Crippen molar-refractivity contribution in [3.63, 3.8) is 0 Å². The standard InChI is InChI=1S/C12H15NO2/c1-9-3-5-10(6-4-9)11-7-12(2,8-14)15-13-11/h3-6,14H,7-8H2,1-2H3/t12-/m0/s1. The number of nitrogens with zero attached hydrogens (tertiary/aromatic N) is 1. The Morgan fingerprint density at radius 1 is 1.40 bits per heavy atom. The summed E-state index contributed by atoms with van der Waals surface area (Å²) in [5, 5.41) is 13.2. The molecular formula is C12H15NO2. The maximum Gasteiger partial charge on any atom is 0.163 e. The summed E-state index contributed by atoms with van der Waals surface area (Å²) in [5.41, 5.74) is 2.66. The average molecular weight is 205 g/mol. The highest BCUT2D eigenvalue weighted by Crippen LogP contribution is 2.25. The molecule has 3 heteroatoms. The van der Waals surface area contributed by atoms with Gasteiger partial charge in [-0.15, -0.1) is 0 Å². The molecule has 0 fully saturated rings. The van der Waals surface area contributed by atoms with Gasteiger partial charge in [-0.05, 0) is 19.4 Å². The zero-order chi connectivity index (χ0) is 10.9. The van der Waals surface area contributed by atoms with Gasteiger partial charge in [0.1, 0.15) is 0 Å². The number of aryl methyl sites for hydroxylation is 1. The monoisotopic (exact) mass is 205 g/mol. The molecule has 0 saturated carbocycles. The molecule has 1 aromatic rings. The fourth-order valence-electron chi connectivity index (χ4n) is 1.57. The molecule has 1 aliphatic heterocycles. The van der Waals surface area contributed by atoms with Crippen LogP contribution in [0.2, 0.25) is 0 Å². The van der Waals surface area contributed by atoms with Crippen molar-refractivity contribution in [3.8, 4) is 0 Å². The van der Waals surface area contributed by atoms with Gasteiger partial charge in [0.05, 0.1) is 12.3 Å². The SMILES string of the molecule is Cc1ccc(C2=NO[C@](C)(CO)C2)cc1. The largest absolute Gasteiger partial charge is 0.392 e. The molecule has 0 unspecified atom stereocenters. The van der Waals surface area contributed by atoms with Gasteiger partial charge in [0.25, 0.3) is 0 Å². The Bertz CT molecular complexity index is 383. The molecule has 80 valence electrons. The third-order valence-corrected chi connectivity index (χ3v) is 2.64. The quantitative estimate of drug-likeness (QED) is 0.800. The molecule has 0 aromatic heterocycles. The van der Waals surface area contributed by atoms with Crippen LogP contribution in [0.3, 0.4) is 0 Å². The highest BCUT2D eigenvalue weighted by molar-refractivity contribution is 6.01. The lowest BCUT2D eigenvalue weighted by Gasteiger charge is -2.17. The smallest absolute Gasteiger partial charge is 0.163 e. The molecule has 1 atom stereocenters. The normalized spacial score (nSPS) is 24.9. The van der Waals surface area contributed by atoms with Crippen LogP contribution in [0.25, 0.3) is 0 Å². The average Bonchev–Trinajstić information content (AvgIpc) is 2.63. The number of hydrogen-bond acceptors (Lipinski definition) is 3. The van der Waals surface area contributed by atoms with Crippen LogP contribution in [-0.4, -0.2) is 23.0 Å². The topological polar surface area (TPSA) is 41.8 Å². The first kappa shape index (κ1) is 10.2. The third-order valence-electron chi connectivity index (χ3n) is 2.64. The number of aliphatic hydroxyl groups is 1. The fraction of sp³-hybridized carbons (Fsp3) is 0.417. The second kappa shape index (κ2) is 3.66. The van der Waals surface area contributed by atoms with Crippen molar-refractivity contribution in [2.24, 2.45) is 5.16 Å². The van der Waals surface area contributed by atoms with E-state index in [4.69, 9.17) is 9.94 Å². The lowest BCUT2D eigenvalue weighted by atomic mass is 9.96. The molecule has 1 N–H and O–H groups in total. The Balaban J connectivity index is 2.17. The van der Waals surface area contributed by atoms with Crippen LogP contribution in [0.1, 0.15) is 24.5 Å². The van der Waals surface area contributed by atoms with E-state index < -0.39 is 5.60 Å². The van der Waals surface area contributed by atoms with Gasteiger partial charge >= 0.3 is 0 Å². The van der Waals surface area contributed by atoms with Crippen LogP contribution in [0.4, 0.5) is 0 Å². The molecule has 15 heavy (non-hydrogen) atoms. The Kier molecular flexibility index (Phi) is 2.49. The Hall–Kier alpha value is -1.35. The molecule has 3 nitrogen and oxygen atoms in total. The maximum absolute atomic E-state index is 9.14. The van der Waals surface area contributed by atoms with Gasteiger partial charge in [-0.2, -0.15) is 0 Å². The predicted molar refractivity (Wildman–Crippen MR) is 58.9 cm³/mol. The number of hydrogen-bond donors (Lipinski definition) is 1. The second-order valence-corrected chi connectivity index (χ2v) is 4.28. The van der Waals surface area contributed by atoms with Crippen molar-refractivity contribution in [1.29, 1.82) is 0 Å². The Labute approximate surface area is 89.4 Å². The first-order valence-electron chi connectivity index (χ1n) is 5.06. The number of benzene rings is 1. The van der Waals surface area contributed by atoms with E-state index in [2.05, 4.69) is 12.1 Å². The van der Waals surface area contributed by atoms with Crippen molar-refractivity contribution in [2.75, 3.05) is 6.61 Å². The summed E-state index contributed by atoms with van der Waals surface area (Å²) in [6.07, 6.45) is 0.659. The summed E-state index contributed by atoms with van der Waals surface area (Å²) >= 11 is 0. The van der Waals surface area contributed by atoms with E-state index in [1.807, 2.05) is 31.2 Å².